The molecule has 2 aromatic rings. The second kappa shape index (κ2) is 6.38. The van der Waals surface area contributed by atoms with E-state index >= 15 is 0 Å². The third-order valence-corrected chi connectivity index (χ3v) is 2.91. The number of furan rings is 1. The van der Waals surface area contributed by atoms with Gasteiger partial charge in [0.05, 0.1) is 13.2 Å². The first-order chi connectivity index (χ1) is 8.78. The largest absolute Gasteiger partial charge is 0.465 e. The molecule has 1 atom stereocenters. The summed E-state index contributed by atoms with van der Waals surface area (Å²) < 4.78 is 5.48. The summed E-state index contributed by atoms with van der Waals surface area (Å²) in [4.78, 5) is 0. The summed E-state index contributed by atoms with van der Waals surface area (Å²) in [5.74, 6) is 1.81. The number of hydrogen-bond acceptors (Lipinski definition) is 3. The Morgan fingerprint density at radius 3 is 2.56 bits per heavy atom. The Morgan fingerprint density at radius 1 is 1.17 bits per heavy atom. The summed E-state index contributed by atoms with van der Waals surface area (Å²) in [6.07, 6.45) is 0.816. The SMILES string of the molecule is Cc1ccc(CN[C@@H](CO)Cc2ccccc2)o1. The molecule has 0 unspecified atom stereocenters. The van der Waals surface area contributed by atoms with E-state index in [1.165, 1.54) is 5.56 Å². The molecule has 2 N–H and O–H groups in total. The smallest absolute Gasteiger partial charge is 0.117 e. The highest BCUT2D eigenvalue weighted by Crippen LogP contribution is 2.07. The van der Waals surface area contributed by atoms with Crippen molar-refractivity contribution in [1.82, 2.24) is 5.32 Å². The molecule has 96 valence electrons. The van der Waals surface area contributed by atoms with E-state index in [2.05, 4.69) is 17.4 Å². The molecular weight excluding hydrogens is 226 g/mol. The van der Waals surface area contributed by atoms with Crippen LogP contribution >= 0.6 is 0 Å². The summed E-state index contributed by atoms with van der Waals surface area (Å²) >= 11 is 0. The van der Waals surface area contributed by atoms with Crippen LogP contribution in [0.1, 0.15) is 17.1 Å². The van der Waals surface area contributed by atoms with Gasteiger partial charge in [0.1, 0.15) is 11.5 Å². The van der Waals surface area contributed by atoms with Gasteiger partial charge in [-0.25, -0.2) is 0 Å². The third-order valence-electron chi connectivity index (χ3n) is 2.91. The lowest BCUT2D eigenvalue weighted by Gasteiger charge is -2.15. The van der Waals surface area contributed by atoms with Gasteiger partial charge in [0.2, 0.25) is 0 Å². The first kappa shape index (κ1) is 12.9. The van der Waals surface area contributed by atoms with E-state index in [-0.39, 0.29) is 12.6 Å². The van der Waals surface area contributed by atoms with Crippen molar-refractivity contribution in [3.8, 4) is 0 Å². The minimum atomic E-state index is 0.0535. The van der Waals surface area contributed by atoms with Crippen molar-refractivity contribution >= 4 is 0 Å². The van der Waals surface area contributed by atoms with Gasteiger partial charge >= 0.3 is 0 Å². The summed E-state index contributed by atoms with van der Waals surface area (Å²) in [7, 11) is 0. The normalized spacial score (nSPS) is 12.6. The van der Waals surface area contributed by atoms with E-state index in [0.29, 0.717) is 6.54 Å². The van der Waals surface area contributed by atoms with Gasteiger partial charge in [0.25, 0.3) is 0 Å². The van der Waals surface area contributed by atoms with Crippen LogP contribution in [0.4, 0.5) is 0 Å². The Bertz CT molecular complexity index is 464. The molecule has 1 heterocycles. The molecule has 0 spiro atoms. The Labute approximate surface area is 107 Å². The molecule has 2 rings (SSSR count). The number of aliphatic hydroxyl groups excluding tert-OH is 1. The van der Waals surface area contributed by atoms with Crippen molar-refractivity contribution in [1.29, 1.82) is 0 Å². The quantitative estimate of drug-likeness (QED) is 0.820. The number of aliphatic hydroxyl groups is 1. The second-order valence-electron chi connectivity index (χ2n) is 4.46. The maximum absolute atomic E-state index is 9.38. The van der Waals surface area contributed by atoms with E-state index in [0.717, 1.165) is 17.9 Å². The standard InChI is InChI=1S/C15H19NO2/c1-12-7-8-15(18-12)10-16-14(11-17)9-13-5-3-2-4-6-13/h2-8,14,16-17H,9-11H2,1H3/t14-/m1/s1. The molecule has 3 nitrogen and oxygen atoms in total. The zero-order chi connectivity index (χ0) is 12.8. The van der Waals surface area contributed by atoms with Crippen LogP contribution in [0.2, 0.25) is 0 Å². The van der Waals surface area contributed by atoms with E-state index in [1.54, 1.807) is 0 Å². The predicted octanol–water partition coefficient (Wildman–Crippen LogP) is 2.28. The first-order valence-corrected chi connectivity index (χ1v) is 6.21. The maximum atomic E-state index is 9.38. The van der Waals surface area contributed by atoms with E-state index in [1.807, 2.05) is 37.3 Å². The highest BCUT2D eigenvalue weighted by molar-refractivity contribution is 5.16. The first-order valence-electron chi connectivity index (χ1n) is 6.21. The molecule has 0 radical (unpaired) electrons. The summed E-state index contributed by atoms with van der Waals surface area (Å²) in [5.41, 5.74) is 1.22. The van der Waals surface area contributed by atoms with Crippen LogP contribution < -0.4 is 5.32 Å². The molecule has 0 aliphatic heterocycles. The highest BCUT2D eigenvalue weighted by atomic mass is 16.3. The molecule has 1 aromatic carbocycles. The monoisotopic (exact) mass is 245 g/mol. The second-order valence-corrected chi connectivity index (χ2v) is 4.46. The third kappa shape index (κ3) is 3.72. The van der Waals surface area contributed by atoms with E-state index in [9.17, 15) is 5.11 Å². The van der Waals surface area contributed by atoms with Gasteiger partial charge in [-0.05, 0) is 31.0 Å². The van der Waals surface area contributed by atoms with Crippen molar-refractivity contribution in [2.24, 2.45) is 0 Å². The van der Waals surface area contributed by atoms with Crippen molar-refractivity contribution in [2.75, 3.05) is 6.61 Å². The van der Waals surface area contributed by atoms with Gasteiger partial charge in [-0.3, -0.25) is 0 Å². The molecule has 0 amide bonds. The molecule has 0 bridgehead atoms. The fourth-order valence-electron chi connectivity index (χ4n) is 1.92. The van der Waals surface area contributed by atoms with Gasteiger partial charge in [-0.1, -0.05) is 30.3 Å². The highest BCUT2D eigenvalue weighted by Gasteiger charge is 2.08. The molecule has 1 aromatic heterocycles. The van der Waals surface area contributed by atoms with Crippen LogP contribution in [0.5, 0.6) is 0 Å². The Hall–Kier alpha value is -1.58. The summed E-state index contributed by atoms with van der Waals surface area (Å²) in [5, 5.41) is 12.7. The topological polar surface area (TPSA) is 45.4 Å². The van der Waals surface area contributed by atoms with Crippen LogP contribution in [-0.2, 0) is 13.0 Å². The van der Waals surface area contributed by atoms with Crippen molar-refractivity contribution in [3.63, 3.8) is 0 Å². The van der Waals surface area contributed by atoms with Crippen molar-refractivity contribution < 1.29 is 9.52 Å². The van der Waals surface area contributed by atoms with E-state index in [4.69, 9.17) is 4.42 Å². The number of aryl methyl sites for hydroxylation is 1. The lowest BCUT2D eigenvalue weighted by atomic mass is 10.1. The Kier molecular flexibility index (Phi) is 4.56. The van der Waals surface area contributed by atoms with Crippen LogP contribution in [0.15, 0.2) is 46.9 Å². The van der Waals surface area contributed by atoms with Gasteiger partial charge in [-0.15, -0.1) is 0 Å². The van der Waals surface area contributed by atoms with Crippen LogP contribution in [-0.4, -0.2) is 17.8 Å². The van der Waals surface area contributed by atoms with Crippen molar-refractivity contribution in [2.45, 2.75) is 25.9 Å². The number of rotatable bonds is 6. The average molecular weight is 245 g/mol. The minimum Gasteiger partial charge on any atom is -0.465 e. The lowest BCUT2D eigenvalue weighted by molar-refractivity contribution is 0.238. The van der Waals surface area contributed by atoms with Gasteiger partial charge in [0, 0.05) is 6.04 Å². The van der Waals surface area contributed by atoms with Gasteiger partial charge < -0.3 is 14.8 Å². The zero-order valence-corrected chi connectivity index (χ0v) is 10.6. The Balaban J connectivity index is 1.86. The van der Waals surface area contributed by atoms with Crippen LogP contribution in [0, 0.1) is 6.92 Å². The fraction of sp³-hybridized carbons (Fsp3) is 0.333. The Morgan fingerprint density at radius 2 is 1.94 bits per heavy atom. The number of hydrogen-bond donors (Lipinski definition) is 2. The molecule has 0 saturated heterocycles. The fourth-order valence-corrected chi connectivity index (χ4v) is 1.92. The molecule has 0 fully saturated rings. The van der Waals surface area contributed by atoms with Crippen molar-refractivity contribution in [3.05, 3.63) is 59.5 Å². The zero-order valence-electron chi connectivity index (χ0n) is 10.6. The molecule has 0 aliphatic carbocycles. The minimum absolute atomic E-state index is 0.0535. The lowest BCUT2D eigenvalue weighted by Crippen LogP contribution is -2.33. The molecule has 0 aliphatic rings. The average Bonchev–Trinajstić information content (AvgIpc) is 2.81. The number of benzene rings is 1. The molecule has 3 heteroatoms. The molecule has 18 heavy (non-hydrogen) atoms. The molecule has 0 saturated carbocycles. The summed E-state index contributed by atoms with van der Waals surface area (Å²) in [6, 6.07) is 14.1. The summed E-state index contributed by atoms with van der Waals surface area (Å²) in [6.45, 7) is 2.69. The van der Waals surface area contributed by atoms with Gasteiger partial charge in [-0.2, -0.15) is 0 Å². The maximum Gasteiger partial charge on any atom is 0.117 e. The van der Waals surface area contributed by atoms with Crippen LogP contribution in [0.25, 0.3) is 0 Å². The van der Waals surface area contributed by atoms with Gasteiger partial charge in [0.15, 0.2) is 0 Å². The predicted molar refractivity (Wildman–Crippen MR) is 71.3 cm³/mol. The van der Waals surface area contributed by atoms with E-state index < -0.39 is 0 Å². The number of nitrogens with one attached hydrogen (secondary N) is 1. The molecular formula is C15H19NO2. The van der Waals surface area contributed by atoms with Crippen LogP contribution in [0.3, 0.4) is 0 Å².